The normalized spacial score (nSPS) is 18.6. The van der Waals surface area contributed by atoms with Gasteiger partial charge in [0.25, 0.3) is 5.92 Å². The first-order valence-corrected chi connectivity index (χ1v) is 4.91. The standard InChI is InChI=1S/C11H11F2N3/c1-15-7-2-3-9(14)10(4-7)16-8-5-11(12,13)6-8/h2-4,8,16H,5-6,14H2. The van der Waals surface area contributed by atoms with E-state index in [0.29, 0.717) is 17.1 Å². The molecule has 0 aliphatic heterocycles. The van der Waals surface area contributed by atoms with Crippen molar-refractivity contribution in [3.63, 3.8) is 0 Å². The largest absolute Gasteiger partial charge is 0.397 e. The third-order valence-corrected chi connectivity index (χ3v) is 2.62. The van der Waals surface area contributed by atoms with Crippen LogP contribution in [0.5, 0.6) is 0 Å². The van der Waals surface area contributed by atoms with Crippen LogP contribution in [-0.4, -0.2) is 12.0 Å². The van der Waals surface area contributed by atoms with Crippen molar-refractivity contribution >= 4 is 17.1 Å². The van der Waals surface area contributed by atoms with Gasteiger partial charge in [-0.3, -0.25) is 0 Å². The number of anilines is 2. The summed E-state index contributed by atoms with van der Waals surface area (Å²) in [6.07, 6.45) is -0.344. The Balaban J connectivity index is 2.08. The molecule has 1 saturated carbocycles. The number of rotatable bonds is 2. The topological polar surface area (TPSA) is 42.4 Å². The van der Waals surface area contributed by atoms with Crippen LogP contribution < -0.4 is 11.1 Å². The van der Waals surface area contributed by atoms with Crippen LogP contribution in [-0.2, 0) is 0 Å². The van der Waals surface area contributed by atoms with Crippen LogP contribution in [0, 0.1) is 6.57 Å². The monoisotopic (exact) mass is 223 g/mol. The summed E-state index contributed by atoms with van der Waals surface area (Å²) in [4.78, 5) is 3.26. The quantitative estimate of drug-likeness (QED) is 0.597. The van der Waals surface area contributed by atoms with Crippen LogP contribution in [0.3, 0.4) is 0 Å². The Bertz CT molecular complexity index is 443. The van der Waals surface area contributed by atoms with E-state index in [1.165, 1.54) is 0 Å². The van der Waals surface area contributed by atoms with E-state index in [1.54, 1.807) is 18.2 Å². The van der Waals surface area contributed by atoms with E-state index in [9.17, 15) is 8.78 Å². The molecule has 0 aromatic heterocycles. The lowest BCUT2D eigenvalue weighted by Crippen LogP contribution is -2.44. The van der Waals surface area contributed by atoms with Crippen molar-refractivity contribution in [2.75, 3.05) is 11.1 Å². The van der Waals surface area contributed by atoms with Gasteiger partial charge >= 0.3 is 0 Å². The fourth-order valence-corrected chi connectivity index (χ4v) is 1.72. The van der Waals surface area contributed by atoms with E-state index in [2.05, 4.69) is 10.2 Å². The second-order valence-electron chi connectivity index (χ2n) is 3.99. The highest BCUT2D eigenvalue weighted by Crippen LogP contribution is 2.40. The minimum absolute atomic E-state index is 0.172. The zero-order valence-electron chi connectivity index (χ0n) is 8.50. The molecule has 0 saturated heterocycles. The molecule has 5 heteroatoms. The molecule has 0 atom stereocenters. The molecular weight excluding hydrogens is 212 g/mol. The number of nitrogen functional groups attached to an aromatic ring is 1. The molecule has 3 nitrogen and oxygen atoms in total. The highest BCUT2D eigenvalue weighted by molar-refractivity contribution is 5.72. The van der Waals surface area contributed by atoms with Crippen LogP contribution >= 0.6 is 0 Å². The van der Waals surface area contributed by atoms with E-state index < -0.39 is 5.92 Å². The zero-order valence-corrected chi connectivity index (χ0v) is 8.50. The molecular formula is C11H11F2N3. The fourth-order valence-electron chi connectivity index (χ4n) is 1.72. The van der Waals surface area contributed by atoms with Crippen molar-refractivity contribution in [2.45, 2.75) is 24.8 Å². The van der Waals surface area contributed by atoms with Crippen molar-refractivity contribution in [3.8, 4) is 0 Å². The third-order valence-electron chi connectivity index (χ3n) is 2.62. The molecule has 0 amide bonds. The number of hydrogen-bond donors (Lipinski definition) is 2. The van der Waals surface area contributed by atoms with Crippen molar-refractivity contribution < 1.29 is 8.78 Å². The summed E-state index contributed by atoms with van der Waals surface area (Å²) in [7, 11) is 0. The molecule has 0 unspecified atom stereocenters. The van der Waals surface area contributed by atoms with Gasteiger partial charge in [-0.1, -0.05) is 6.07 Å². The molecule has 0 spiro atoms. The Kier molecular flexibility index (Phi) is 2.43. The Morgan fingerprint density at radius 2 is 2.12 bits per heavy atom. The molecule has 2 rings (SSSR count). The van der Waals surface area contributed by atoms with Gasteiger partial charge in [0.15, 0.2) is 5.69 Å². The molecule has 0 heterocycles. The Labute approximate surface area is 92.1 Å². The summed E-state index contributed by atoms with van der Waals surface area (Å²) in [5.74, 6) is -2.55. The van der Waals surface area contributed by atoms with Gasteiger partial charge < -0.3 is 11.1 Å². The maximum absolute atomic E-state index is 12.6. The van der Waals surface area contributed by atoms with Gasteiger partial charge in [0.1, 0.15) is 0 Å². The van der Waals surface area contributed by atoms with Crippen molar-refractivity contribution in [3.05, 3.63) is 29.6 Å². The molecule has 3 N–H and O–H groups in total. The maximum Gasteiger partial charge on any atom is 0.252 e. The maximum atomic E-state index is 12.6. The van der Waals surface area contributed by atoms with Crippen molar-refractivity contribution in [2.24, 2.45) is 0 Å². The summed E-state index contributed by atoms with van der Waals surface area (Å²) in [5, 5.41) is 2.93. The van der Waals surface area contributed by atoms with Gasteiger partial charge in [0.2, 0.25) is 0 Å². The van der Waals surface area contributed by atoms with Gasteiger partial charge in [-0.2, -0.15) is 0 Å². The Hall–Kier alpha value is -1.83. The summed E-state index contributed by atoms with van der Waals surface area (Å²) in [6, 6.07) is 4.53. The number of alkyl halides is 2. The molecule has 1 fully saturated rings. The van der Waals surface area contributed by atoms with E-state index >= 15 is 0 Å². The van der Waals surface area contributed by atoms with E-state index in [1.807, 2.05) is 0 Å². The molecule has 0 bridgehead atoms. The molecule has 0 radical (unpaired) electrons. The van der Waals surface area contributed by atoms with Gasteiger partial charge in [-0.05, 0) is 12.1 Å². The lowest BCUT2D eigenvalue weighted by atomic mass is 9.88. The molecule has 16 heavy (non-hydrogen) atoms. The highest BCUT2D eigenvalue weighted by Gasteiger charge is 2.45. The van der Waals surface area contributed by atoms with Crippen molar-refractivity contribution in [1.29, 1.82) is 0 Å². The highest BCUT2D eigenvalue weighted by atomic mass is 19.3. The summed E-state index contributed by atoms with van der Waals surface area (Å²) < 4.78 is 25.2. The smallest absolute Gasteiger partial charge is 0.252 e. The number of nitrogens with two attached hydrogens (primary N) is 1. The molecule has 1 aromatic carbocycles. The third kappa shape index (κ3) is 2.06. The number of halogens is 2. The first-order valence-electron chi connectivity index (χ1n) is 4.91. The molecule has 1 aromatic rings. The average molecular weight is 223 g/mol. The number of benzene rings is 1. The lowest BCUT2D eigenvalue weighted by Gasteiger charge is -2.36. The predicted molar refractivity (Wildman–Crippen MR) is 58.7 cm³/mol. The first-order chi connectivity index (χ1) is 7.50. The van der Waals surface area contributed by atoms with Crippen LogP contribution in [0.2, 0.25) is 0 Å². The minimum atomic E-state index is -2.55. The van der Waals surface area contributed by atoms with E-state index in [-0.39, 0.29) is 18.9 Å². The lowest BCUT2D eigenvalue weighted by molar-refractivity contribution is -0.0793. The van der Waals surface area contributed by atoms with Gasteiger partial charge in [-0.15, -0.1) is 0 Å². The Morgan fingerprint density at radius 1 is 1.44 bits per heavy atom. The van der Waals surface area contributed by atoms with Gasteiger partial charge in [-0.25, -0.2) is 13.6 Å². The van der Waals surface area contributed by atoms with E-state index in [0.717, 1.165) is 0 Å². The fraction of sp³-hybridized carbons (Fsp3) is 0.364. The van der Waals surface area contributed by atoms with Crippen LogP contribution in [0.25, 0.3) is 4.85 Å². The average Bonchev–Trinajstić information content (AvgIpc) is 2.18. The minimum Gasteiger partial charge on any atom is -0.397 e. The zero-order chi connectivity index (χ0) is 11.8. The second-order valence-corrected chi connectivity index (χ2v) is 3.99. The summed E-state index contributed by atoms with van der Waals surface area (Å²) in [6.45, 7) is 6.85. The van der Waals surface area contributed by atoms with E-state index in [4.69, 9.17) is 12.3 Å². The van der Waals surface area contributed by atoms with Crippen LogP contribution in [0.15, 0.2) is 18.2 Å². The summed E-state index contributed by atoms with van der Waals surface area (Å²) >= 11 is 0. The predicted octanol–water partition coefficient (Wildman–Crippen LogP) is 3.03. The summed E-state index contributed by atoms with van der Waals surface area (Å²) in [5.41, 5.74) is 7.17. The molecule has 1 aliphatic rings. The van der Waals surface area contributed by atoms with Crippen LogP contribution in [0.1, 0.15) is 12.8 Å². The number of nitrogens with zero attached hydrogens (tertiary/aromatic N) is 1. The van der Waals surface area contributed by atoms with Crippen LogP contribution in [0.4, 0.5) is 25.8 Å². The SMILES string of the molecule is [C-]#[N+]c1ccc(N)c(NC2CC(F)(F)C2)c1. The Morgan fingerprint density at radius 3 is 2.69 bits per heavy atom. The van der Waals surface area contributed by atoms with Gasteiger partial charge in [0.05, 0.1) is 12.3 Å². The number of nitrogens with one attached hydrogen (secondary N) is 1. The first kappa shape index (κ1) is 10.7. The van der Waals surface area contributed by atoms with Gasteiger partial charge in [0, 0.05) is 24.6 Å². The number of hydrogen-bond acceptors (Lipinski definition) is 2. The molecule has 1 aliphatic carbocycles. The molecule has 84 valence electrons. The van der Waals surface area contributed by atoms with Crippen molar-refractivity contribution in [1.82, 2.24) is 0 Å². The second kappa shape index (κ2) is 3.63.